The van der Waals surface area contributed by atoms with Crippen LogP contribution < -0.4 is 10.1 Å². The average Bonchev–Trinajstić information content (AvgIpc) is 3.06. The summed E-state index contributed by atoms with van der Waals surface area (Å²) in [5.41, 5.74) is 1.23. The van der Waals surface area contributed by atoms with Gasteiger partial charge in [-0.3, -0.25) is 9.79 Å². The van der Waals surface area contributed by atoms with E-state index >= 15 is 0 Å². The summed E-state index contributed by atoms with van der Waals surface area (Å²) in [5.74, 6) is 1.85. The van der Waals surface area contributed by atoms with Gasteiger partial charge in [0.05, 0.1) is 19.6 Å². The SMILES string of the molecule is CCNC(=NCCCCOc1ccc(C)cc1)N1CC(C)C(C(=O)OC)C1. The standard InChI is InChI=1S/C21H33N3O3/c1-5-22-21(24-14-17(3)19(15-24)20(25)26-4)23-12-6-7-13-27-18-10-8-16(2)9-11-18/h8-11,17,19H,5-7,12-15H2,1-4H3,(H,22,23). The number of esters is 1. The normalized spacial score (nSPS) is 19.9. The molecule has 0 amide bonds. The Kier molecular flexibility index (Phi) is 8.43. The van der Waals surface area contributed by atoms with Crippen molar-refractivity contribution < 1.29 is 14.3 Å². The first-order valence-corrected chi connectivity index (χ1v) is 9.85. The van der Waals surface area contributed by atoms with E-state index in [9.17, 15) is 4.79 Å². The molecule has 1 aliphatic heterocycles. The van der Waals surface area contributed by atoms with E-state index in [0.29, 0.717) is 13.2 Å². The van der Waals surface area contributed by atoms with Gasteiger partial charge in [0.1, 0.15) is 5.75 Å². The zero-order valence-electron chi connectivity index (χ0n) is 17.0. The van der Waals surface area contributed by atoms with Gasteiger partial charge >= 0.3 is 5.97 Å². The maximum Gasteiger partial charge on any atom is 0.310 e. The van der Waals surface area contributed by atoms with Crippen molar-refractivity contribution >= 4 is 11.9 Å². The summed E-state index contributed by atoms with van der Waals surface area (Å²) in [5, 5.41) is 3.34. The number of likely N-dealkylation sites (tertiary alicyclic amines) is 1. The van der Waals surface area contributed by atoms with E-state index in [1.54, 1.807) is 0 Å². The van der Waals surface area contributed by atoms with Gasteiger partial charge in [-0.15, -0.1) is 0 Å². The number of guanidine groups is 1. The van der Waals surface area contributed by atoms with Crippen LogP contribution in [0.2, 0.25) is 0 Å². The lowest BCUT2D eigenvalue weighted by Gasteiger charge is -2.21. The number of carbonyl (C=O) groups is 1. The molecule has 1 N–H and O–H groups in total. The van der Waals surface area contributed by atoms with Gasteiger partial charge in [-0.2, -0.15) is 0 Å². The number of aliphatic imine (C=N–C) groups is 1. The minimum atomic E-state index is -0.130. The van der Waals surface area contributed by atoms with Crippen LogP contribution in [0.3, 0.4) is 0 Å². The zero-order chi connectivity index (χ0) is 19.6. The molecule has 6 heteroatoms. The van der Waals surface area contributed by atoms with Gasteiger partial charge in [0.25, 0.3) is 0 Å². The van der Waals surface area contributed by atoms with E-state index in [0.717, 1.165) is 44.2 Å². The maximum absolute atomic E-state index is 11.9. The van der Waals surface area contributed by atoms with Gasteiger partial charge in [-0.05, 0) is 44.7 Å². The van der Waals surface area contributed by atoms with Crippen molar-refractivity contribution in [2.75, 3.05) is 39.9 Å². The molecule has 150 valence electrons. The minimum Gasteiger partial charge on any atom is -0.494 e. The lowest BCUT2D eigenvalue weighted by atomic mass is 9.99. The van der Waals surface area contributed by atoms with Gasteiger partial charge in [-0.1, -0.05) is 24.6 Å². The molecule has 2 atom stereocenters. The summed E-state index contributed by atoms with van der Waals surface area (Å²) in [7, 11) is 1.45. The van der Waals surface area contributed by atoms with Gasteiger partial charge in [0.2, 0.25) is 0 Å². The molecule has 1 heterocycles. The lowest BCUT2D eigenvalue weighted by molar-refractivity contribution is -0.145. The Labute approximate surface area is 162 Å². The van der Waals surface area contributed by atoms with E-state index in [-0.39, 0.29) is 17.8 Å². The molecule has 0 saturated carbocycles. The topological polar surface area (TPSA) is 63.2 Å². The average molecular weight is 376 g/mol. The number of nitrogens with one attached hydrogen (secondary N) is 1. The highest BCUT2D eigenvalue weighted by Crippen LogP contribution is 2.24. The van der Waals surface area contributed by atoms with Crippen molar-refractivity contribution in [3.63, 3.8) is 0 Å². The fourth-order valence-corrected chi connectivity index (χ4v) is 3.25. The number of unbranched alkanes of at least 4 members (excludes halogenated alkanes) is 1. The number of nitrogens with zero attached hydrogens (tertiary/aromatic N) is 2. The predicted molar refractivity (Wildman–Crippen MR) is 108 cm³/mol. The van der Waals surface area contributed by atoms with Crippen molar-refractivity contribution in [1.29, 1.82) is 0 Å². The molecule has 27 heavy (non-hydrogen) atoms. The molecule has 1 saturated heterocycles. The Hall–Kier alpha value is -2.24. The highest BCUT2D eigenvalue weighted by molar-refractivity contribution is 5.82. The summed E-state index contributed by atoms with van der Waals surface area (Å²) in [6, 6.07) is 8.12. The second kappa shape index (κ2) is 10.8. The van der Waals surface area contributed by atoms with Crippen LogP contribution in [0.1, 0.15) is 32.3 Å². The molecule has 1 fully saturated rings. The molecule has 1 aliphatic rings. The van der Waals surface area contributed by atoms with Crippen molar-refractivity contribution in [2.45, 2.75) is 33.6 Å². The quantitative estimate of drug-likeness (QED) is 0.328. The van der Waals surface area contributed by atoms with Gasteiger partial charge in [0.15, 0.2) is 5.96 Å². The summed E-state index contributed by atoms with van der Waals surface area (Å²) >= 11 is 0. The first-order chi connectivity index (χ1) is 13.0. The molecule has 1 aromatic rings. The molecular formula is C21H33N3O3. The third kappa shape index (κ3) is 6.45. The van der Waals surface area contributed by atoms with Crippen LogP contribution in [0.4, 0.5) is 0 Å². The largest absolute Gasteiger partial charge is 0.494 e. The Balaban J connectivity index is 1.76. The highest BCUT2D eigenvalue weighted by atomic mass is 16.5. The van der Waals surface area contributed by atoms with Crippen molar-refractivity contribution in [3.05, 3.63) is 29.8 Å². The monoisotopic (exact) mass is 375 g/mol. The van der Waals surface area contributed by atoms with Crippen LogP contribution in [0.5, 0.6) is 5.75 Å². The number of rotatable bonds is 8. The fraction of sp³-hybridized carbons (Fsp3) is 0.619. The van der Waals surface area contributed by atoms with Crippen molar-refractivity contribution in [1.82, 2.24) is 10.2 Å². The first-order valence-electron chi connectivity index (χ1n) is 9.85. The van der Waals surface area contributed by atoms with Crippen LogP contribution in [0, 0.1) is 18.8 Å². The molecule has 1 aromatic carbocycles. The number of hydrogen-bond donors (Lipinski definition) is 1. The van der Waals surface area contributed by atoms with E-state index in [4.69, 9.17) is 14.5 Å². The Morgan fingerprint density at radius 2 is 2.00 bits per heavy atom. The number of methoxy groups -OCH3 is 1. The number of carbonyl (C=O) groups excluding carboxylic acids is 1. The Morgan fingerprint density at radius 1 is 1.26 bits per heavy atom. The maximum atomic E-state index is 11.9. The molecule has 0 bridgehead atoms. The molecule has 0 spiro atoms. The third-order valence-electron chi connectivity index (χ3n) is 4.85. The lowest BCUT2D eigenvalue weighted by Crippen LogP contribution is -2.40. The second-order valence-electron chi connectivity index (χ2n) is 7.12. The fourth-order valence-electron chi connectivity index (χ4n) is 3.25. The molecule has 0 aromatic heterocycles. The minimum absolute atomic E-state index is 0.0817. The molecule has 0 aliphatic carbocycles. The first kappa shape index (κ1) is 21.1. The van der Waals surface area contributed by atoms with E-state index in [2.05, 4.69) is 43.1 Å². The van der Waals surface area contributed by atoms with Crippen LogP contribution in [-0.4, -0.2) is 56.7 Å². The van der Waals surface area contributed by atoms with Gasteiger partial charge in [-0.25, -0.2) is 0 Å². The molecule has 2 unspecified atom stereocenters. The highest BCUT2D eigenvalue weighted by Gasteiger charge is 2.36. The number of aryl methyl sites for hydroxylation is 1. The summed E-state index contributed by atoms with van der Waals surface area (Å²) in [4.78, 5) is 18.8. The van der Waals surface area contributed by atoms with Crippen LogP contribution in [0.15, 0.2) is 29.3 Å². The Morgan fingerprint density at radius 3 is 2.67 bits per heavy atom. The van der Waals surface area contributed by atoms with Crippen LogP contribution >= 0.6 is 0 Å². The van der Waals surface area contributed by atoms with Crippen LogP contribution in [0.25, 0.3) is 0 Å². The number of benzene rings is 1. The summed E-state index contributed by atoms with van der Waals surface area (Å²) in [6.07, 6.45) is 1.92. The molecule has 6 nitrogen and oxygen atoms in total. The molecule has 0 radical (unpaired) electrons. The Bertz CT molecular complexity index is 616. The zero-order valence-corrected chi connectivity index (χ0v) is 17.0. The van der Waals surface area contributed by atoms with Gasteiger partial charge < -0.3 is 19.7 Å². The van der Waals surface area contributed by atoms with E-state index < -0.39 is 0 Å². The van der Waals surface area contributed by atoms with E-state index in [1.165, 1.54) is 12.7 Å². The predicted octanol–water partition coefficient (Wildman–Crippen LogP) is 2.86. The second-order valence-corrected chi connectivity index (χ2v) is 7.12. The number of ether oxygens (including phenoxy) is 2. The van der Waals surface area contributed by atoms with Crippen molar-refractivity contribution in [2.24, 2.45) is 16.8 Å². The van der Waals surface area contributed by atoms with Gasteiger partial charge in [0, 0.05) is 26.2 Å². The van der Waals surface area contributed by atoms with E-state index in [1.807, 2.05) is 12.1 Å². The van der Waals surface area contributed by atoms with Crippen molar-refractivity contribution in [3.8, 4) is 5.75 Å². The smallest absolute Gasteiger partial charge is 0.310 e. The summed E-state index contributed by atoms with van der Waals surface area (Å²) in [6.45, 7) is 9.95. The number of hydrogen-bond acceptors (Lipinski definition) is 4. The third-order valence-corrected chi connectivity index (χ3v) is 4.85. The summed E-state index contributed by atoms with van der Waals surface area (Å²) < 4.78 is 10.7. The van der Waals surface area contributed by atoms with Crippen LogP contribution in [-0.2, 0) is 9.53 Å². The molecule has 2 rings (SSSR count). The molecular weight excluding hydrogens is 342 g/mol.